The molecule has 5 nitrogen and oxygen atoms in total. The summed E-state index contributed by atoms with van der Waals surface area (Å²) in [5.74, 6) is -0.569. The van der Waals surface area contributed by atoms with Crippen LogP contribution < -0.4 is 10.5 Å². The van der Waals surface area contributed by atoms with Crippen molar-refractivity contribution in [3.05, 3.63) is 57.9 Å². The highest BCUT2D eigenvalue weighted by molar-refractivity contribution is 6.30. The standard InChI is InChI=1S/C16H13ClFNO4/c17-11-3-9-6-21-8-23-15(9)10(4-11)7-22-16(20)13-2-1-12(18)5-14(13)19/h1-5H,6-8,19H2. The molecule has 2 aromatic rings. The predicted octanol–water partition coefficient (Wildman–Crippen LogP) is 3.28. The van der Waals surface area contributed by atoms with Crippen LogP contribution in [0.1, 0.15) is 21.5 Å². The number of nitrogen functional groups attached to an aromatic ring is 1. The van der Waals surface area contributed by atoms with Crippen LogP contribution in [-0.2, 0) is 22.7 Å². The van der Waals surface area contributed by atoms with E-state index in [4.69, 9.17) is 31.5 Å². The summed E-state index contributed by atoms with van der Waals surface area (Å²) in [6.07, 6.45) is 0. The zero-order valence-electron chi connectivity index (χ0n) is 12.0. The molecule has 1 aliphatic heterocycles. The van der Waals surface area contributed by atoms with Gasteiger partial charge in [-0.15, -0.1) is 0 Å². The van der Waals surface area contributed by atoms with E-state index in [2.05, 4.69) is 0 Å². The van der Waals surface area contributed by atoms with Crippen LogP contribution >= 0.6 is 11.6 Å². The van der Waals surface area contributed by atoms with E-state index in [-0.39, 0.29) is 24.7 Å². The topological polar surface area (TPSA) is 70.8 Å². The quantitative estimate of drug-likeness (QED) is 0.687. The maximum Gasteiger partial charge on any atom is 0.340 e. The van der Waals surface area contributed by atoms with Gasteiger partial charge in [-0.3, -0.25) is 0 Å². The van der Waals surface area contributed by atoms with Crippen LogP contribution in [0, 0.1) is 5.82 Å². The fraction of sp³-hybridized carbons (Fsp3) is 0.188. The van der Waals surface area contributed by atoms with Crippen molar-refractivity contribution in [2.24, 2.45) is 0 Å². The van der Waals surface area contributed by atoms with Gasteiger partial charge in [0, 0.05) is 21.8 Å². The van der Waals surface area contributed by atoms with E-state index in [9.17, 15) is 9.18 Å². The van der Waals surface area contributed by atoms with Crippen LogP contribution in [0.25, 0.3) is 0 Å². The molecule has 0 aliphatic carbocycles. The van der Waals surface area contributed by atoms with Crippen LogP contribution in [-0.4, -0.2) is 12.8 Å². The van der Waals surface area contributed by atoms with Crippen molar-refractivity contribution in [3.63, 3.8) is 0 Å². The van der Waals surface area contributed by atoms with Gasteiger partial charge in [-0.2, -0.15) is 0 Å². The maximum absolute atomic E-state index is 13.0. The van der Waals surface area contributed by atoms with E-state index in [0.29, 0.717) is 22.9 Å². The first-order valence-corrected chi connectivity index (χ1v) is 7.16. The van der Waals surface area contributed by atoms with Crippen LogP contribution in [0.3, 0.4) is 0 Å². The molecule has 0 atom stereocenters. The minimum atomic E-state index is -0.650. The number of esters is 1. The van der Waals surface area contributed by atoms with Crippen LogP contribution in [0.4, 0.5) is 10.1 Å². The summed E-state index contributed by atoms with van der Waals surface area (Å²) >= 11 is 6.04. The van der Waals surface area contributed by atoms with E-state index in [0.717, 1.165) is 17.7 Å². The Bertz CT molecular complexity index is 766. The Kier molecular flexibility index (Phi) is 4.36. The zero-order valence-corrected chi connectivity index (χ0v) is 12.7. The highest BCUT2D eigenvalue weighted by Crippen LogP contribution is 2.32. The minimum absolute atomic E-state index is 0.0211. The van der Waals surface area contributed by atoms with E-state index in [1.807, 2.05) is 0 Å². The van der Waals surface area contributed by atoms with E-state index in [1.165, 1.54) is 6.07 Å². The van der Waals surface area contributed by atoms with Gasteiger partial charge in [0.1, 0.15) is 18.2 Å². The number of hydrogen-bond donors (Lipinski definition) is 1. The van der Waals surface area contributed by atoms with Crippen LogP contribution in [0.2, 0.25) is 5.02 Å². The summed E-state index contributed by atoms with van der Waals surface area (Å²) in [4.78, 5) is 12.1. The normalized spacial score (nSPS) is 13.1. The average molecular weight is 338 g/mol. The lowest BCUT2D eigenvalue weighted by atomic mass is 10.1. The lowest BCUT2D eigenvalue weighted by molar-refractivity contribution is -0.0180. The smallest absolute Gasteiger partial charge is 0.340 e. The van der Waals surface area contributed by atoms with Gasteiger partial charge in [0.2, 0.25) is 0 Å². The lowest BCUT2D eigenvalue weighted by Gasteiger charge is -2.21. The Balaban J connectivity index is 1.78. The number of benzene rings is 2. The molecular weight excluding hydrogens is 325 g/mol. The number of fused-ring (bicyclic) bond motifs is 1. The minimum Gasteiger partial charge on any atom is -0.467 e. The molecule has 0 saturated heterocycles. The maximum atomic E-state index is 13.0. The molecule has 0 aromatic heterocycles. The van der Waals surface area contributed by atoms with Crippen molar-refractivity contribution >= 4 is 23.3 Å². The largest absolute Gasteiger partial charge is 0.467 e. The fourth-order valence-electron chi connectivity index (χ4n) is 2.30. The molecule has 0 spiro atoms. The Hall–Kier alpha value is -2.31. The first-order valence-electron chi connectivity index (χ1n) is 6.78. The second kappa shape index (κ2) is 6.44. The van der Waals surface area contributed by atoms with Crippen LogP contribution in [0.5, 0.6) is 5.75 Å². The molecule has 0 saturated carbocycles. The van der Waals surface area contributed by atoms with Crippen molar-refractivity contribution in [3.8, 4) is 5.75 Å². The fourth-order valence-corrected chi connectivity index (χ4v) is 2.57. The van der Waals surface area contributed by atoms with Gasteiger partial charge in [-0.1, -0.05) is 11.6 Å². The molecule has 23 heavy (non-hydrogen) atoms. The third-order valence-corrected chi connectivity index (χ3v) is 3.56. The number of nitrogens with two attached hydrogens (primary N) is 1. The molecule has 0 amide bonds. The van der Waals surface area contributed by atoms with Gasteiger partial charge < -0.3 is 19.9 Å². The Morgan fingerprint density at radius 2 is 2.17 bits per heavy atom. The summed E-state index contributed by atoms with van der Waals surface area (Å²) in [7, 11) is 0. The van der Waals surface area contributed by atoms with E-state index >= 15 is 0 Å². The Morgan fingerprint density at radius 1 is 1.35 bits per heavy atom. The summed E-state index contributed by atoms with van der Waals surface area (Å²) in [6.45, 7) is 0.459. The number of hydrogen-bond acceptors (Lipinski definition) is 5. The number of rotatable bonds is 3. The van der Waals surface area contributed by atoms with E-state index in [1.54, 1.807) is 12.1 Å². The first-order chi connectivity index (χ1) is 11.0. The van der Waals surface area contributed by atoms with Gasteiger partial charge >= 0.3 is 5.97 Å². The monoisotopic (exact) mass is 337 g/mol. The molecule has 1 heterocycles. The second-order valence-corrected chi connectivity index (χ2v) is 5.41. The first kappa shape index (κ1) is 15.6. The average Bonchev–Trinajstić information content (AvgIpc) is 2.52. The summed E-state index contributed by atoms with van der Waals surface area (Å²) < 4.78 is 28.9. The summed E-state index contributed by atoms with van der Waals surface area (Å²) in [5.41, 5.74) is 7.16. The molecular formula is C16H13ClFNO4. The van der Waals surface area contributed by atoms with Gasteiger partial charge in [0.25, 0.3) is 0 Å². The van der Waals surface area contributed by atoms with Crippen molar-refractivity contribution in [1.82, 2.24) is 0 Å². The third-order valence-electron chi connectivity index (χ3n) is 3.34. The number of ether oxygens (including phenoxy) is 3. The van der Waals surface area contributed by atoms with Crippen molar-refractivity contribution < 1.29 is 23.4 Å². The SMILES string of the molecule is Nc1cc(F)ccc1C(=O)OCc1cc(Cl)cc2c1OCOC2. The lowest BCUT2D eigenvalue weighted by Crippen LogP contribution is -2.14. The molecule has 1 aliphatic rings. The Morgan fingerprint density at radius 3 is 2.96 bits per heavy atom. The number of halogens is 2. The number of carbonyl (C=O) groups excluding carboxylic acids is 1. The van der Waals surface area contributed by atoms with Gasteiger partial charge in [0.15, 0.2) is 6.79 Å². The summed E-state index contributed by atoms with van der Waals surface area (Å²) in [6, 6.07) is 6.89. The van der Waals surface area contributed by atoms with Gasteiger partial charge in [-0.05, 0) is 30.3 Å². The zero-order chi connectivity index (χ0) is 16.4. The van der Waals surface area contributed by atoms with E-state index < -0.39 is 11.8 Å². The molecule has 2 N–H and O–H groups in total. The van der Waals surface area contributed by atoms with Crippen molar-refractivity contribution in [2.45, 2.75) is 13.2 Å². The number of anilines is 1. The van der Waals surface area contributed by atoms with Crippen molar-refractivity contribution in [1.29, 1.82) is 0 Å². The third kappa shape index (κ3) is 3.38. The van der Waals surface area contributed by atoms with Gasteiger partial charge in [-0.25, -0.2) is 9.18 Å². The molecule has 0 fully saturated rings. The second-order valence-electron chi connectivity index (χ2n) is 4.97. The molecule has 0 unspecified atom stereocenters. The number of carbonyl (C=O) groups is 1. The molecule has 2 aromatic carbocycles. The molecule has 7 heteroatoms. The van der Waals surface area contributed by atoms with Gasteiger partial charge in [0.05, 0.1) is 12.2 Å². The van der Waals surface area contributed by atoms with Crippen LogP contribution in [0.15, 0.2) is 30.3 Å². The Labute approximate surface area is 136 Å². The highest BCUT2D eigenvalue weighted by atomic mass is 35.5. The predicted molar refractivity (Wildman–Crippen MR) is 81.7 cm³/mol. The molecule has 3 rings (SSSR count). The van der Waals surface area contributed by atoms with Crippen molar-refractivity contribution in [2.75, 3.05) is 12.5 Å². The molecule has 0 radical (unpaired) electrons. The summed E-state index contributed by atoms with van der Waals surface area (Å²) in [5, 5.41) is 0.491. The molecule has 0 bridgehead atoms. The highest BCUT2D eigenvalue weighted by Gasteiger charge is 2.18. The molecule has 120 valence electrons.